The minimum Gasteiger partial charge on any atom is -0.325 e. The molecule has 4 heteroatoms. The van der Waals surface area contributed by atoms with Gasteiger partial charge in [0.2, 0.25) is 0 Å². The van der Waals surface area contributed by atoms with E-state index in [1.807, 2.05) is 0 Å². The average molecular weight is 350 g/mol. The SMILES string of the molecule is CC(C)CC1CCN(C(=O)N2CCC(N3CCC(C)CC3)CC2)CC1. The van der Waals surface area contributed by atoms with E-state index in [0.717, 1.165) is 43.9 Å². The number of carbonyl (C=O) groups is 1. The van der Waals surface area contributed by atoms with E-state index in [0.29, 0.717) is 12.1 Å². The van der Waals surface area contributed by atoms with Crippen LogP contribution in [0.5, 0.6) is 0 Å². The summed E-state index contributed by atoms with van der Waals surface area (Å²) in [7, 11) is 0. The van der Waals surface area contributed by atoms with E-state index in [-0.39, 0.29) is 0 Å². The third-order valence-corrected chi connectivity index (χ3v) is 6.76. The van der Waals surface area contributed by atoms with E-state index >= 15 is 0 Å². The standard InChI is InChI=1S/C21H39N3O/c1-17(2)16-19-6-12-23(13-7-19)21(25)24-14-8-20(9-15-24)22-10-4-18(3)5-11-22/h17-20H,4-16H2,1-3H3. The molecule has 0 aliphatic carbocycles. The summed E-state index contributed by atoms with van der Waals surface area (Å²) in [5, 5.41) is 0. The second-order valence-electron chi connectivity index (χ2n) is 9.28. The Labute approximate surface area is 154 Å². The van der Waals surface area contributed by atoms with E-state index in [1.54, 1.807) is 0 Å². The molecule has 0 radical (unpaired) electrons. The lowest BCUT2D eigenvalue weighted by atomic mass is 9.89. The lowest BCUT2D eigenvalue weighted by molar-refractivity contribution is 0.0747. The van der Waals surface area contributed by atoms with Gasteiger partial charge in [0.15, 0.2) is 0 Å². The molecule has 3 aliphatic rings. The van der Waals surface area contributed by atoms with Gasteiger partial charge in [-0.15, -0.1) is 0 Å². The third kappa shape index (κ3) is 5.12. The molecular weight excluding hydrogens is 310 g/mol. The first-order valence-corrected chi connectivity index (χ1v) is 10.8. The summed E-state index contributed by atoms with van der Waals surface area (Å²) < 4.78 is 0. The number of hydrogen-bond acceptors (Lipinski definition) is 2. The number of urea groups is 1. The van der Waals surface area contributed by atoms with Crippen LogP contribution in [-0.2, 0) is 0 Å². The van der Waals surface area contributed by atoms with Gasteiger partial charge in [-0.2, -0.15) is 0 Å². The average Bonchev–Trinajstić information content (AvgIpc) is 2.62. The van der Waals surface area contributed by atoms with Gasteiger partial charge in [0.25, 0.3) is 0 Å². The molecule has 3 heterocycles. The molecule has 3 saturated heterocycles. The van der Waals surface area contributed by atoms with Gasteiger partial charge in [-0.3, -0.25) is 0 Å². The highest BCUT2D eigenvalue weighted by molar-refractivity contribution is 5.74. The molecule has 3 rings (SSSR count). The zero-order chi connectivity index (χ0) is 17.8. The van der Waals surface area contributed by atoms with E-state index in [9.17, 15) is 4.79 Å². The van der Waals surface area contributed by atoms with Crippen LogP contribution in [0.4, 0.5) is 4.79 Å². The van der Waals surface area contributed by atoms with Crippen molar-refractivity contribution in [2.24, 2.45) is 17.8 Å². The summed E-state index contributed by atoms with van der Waals surface area (Å²) >= 11 is 0. The first-order valence-electron chi connectivity index (χ1n) is 10.8. The topological polar surface area (TPSA) is 26.8 Å². The number of likely N-dealkylation sites (tertiary alicyclic amines) is 3. The van der Waals surface area contributed by atoms with Gasteiger partial charge in [0.1, 0.15) is 0 Å². The molecule has 25 heavy (non-hydrogen) atoms. The fourth-order valence-electron chi connectivity index (χ4n) is 5.04. The van der Waals surface area contributed by atoms with Crippen molar-refractivity contribution in [1.82, 2.24) is 14.7 Å². The highest BCUT2D eigenvalue weighted by atomic mass is 16.2. The fraction of sp³-hybridized carbons (Fsp3) is 0.952. The summed E-state index contributed by atoms with van der Waals surface area (Å²) in [6, 6.07) is 1.03. The van der Waals surface area contributed by atoms with Crippen molar-refractivity contribution in [3.05, 3.63) is 0 Å². The molecular formula is C21H39N3O. The summed E-state index contributed by atoms with van der Waals surface area (Å²) in [4.78, 5) is 19.8. The van der Waals surface area contributed by atoms with E-state index in [2.05, 4.69) is 35.5 Å². The Bertz CT molecular complexity index is 415. The van der Waals surface area contributed by atoms with Crippen molar-refractivity contribution >= 4 is 6.03 Å². The smallest absolute Gasteiger partial charge is 0.319 e. The van der Waals surface area contributed by atoms with Crippen LogP contribution in [0.25, 0.3) is 0 Å². The van der Waals surface area contributed by atoms with Gasteiger partial charge in [-0.25, -0.2) is 4.79 Å². The fourth-order valence-corrected chi connectivity index (χ4v) is 5.04. The Morgan fingerprint density at radius 2 is 1.36 bits per heavy atom. The maximum Gasteiger partial charge on any atom is 0.319 e. The molecule has 3 fully saturated rings. The zero-order valence-corrected chi connectivity index (χ0v) is 16.8. The van der Waals surface area contributed by atoms with Crippen molar-refractivity contribution in [2.75, 3.05) is 39.3 Å². The quantitative estimate of drug-likeness (QED) is 0.768. The van der Waals surface area contributed by atoms with Crippen molar-refractivity contribution in [1.29, 1.82) is 0 Å². The van der Waals surface area contributed by atoms with Gasteiger partial charge in [-0.1, -0.05) is 20.8 Å². The van der Waals surface area contributed by atoms with E-state index in [4.69, 9.17) is 0 Å². The number of amides is 2. The molecule has 0 unspecified atom stereocenters. The van der Waals surface area contributed by atoms with Gasteiger partial charge in [0.05, 0.1) is 0 Å². The van der Waals surface area contributed by atoms with Gasteiger partial charge in [0, 0.05) is 32.2 Å². The van der Waals surface area contributed by atoms with Crippen LogP contribution >= 0.6 is 0 Å². The summed E-state index contributed by atoms with van der Waals surface area (Å²) in [6.07, 6.45) is 8.77. The molecule has 0 atom stereocenters. The second-order valence-corrected chi connectivity index (χ2v) is 9.28. The first-order chi connectivity index (χ1) is 12.0. The first kappa shape index (κ1) is 19.0. The predicted molar refractivity (Wildman–Crippen MR) is 104 cm³/mol. The number of nitrogens with zero attached hydrogens (tertiary/aromatic N) is 3. The molecule has 4 nitrogen and oxygen atoms in total. The van der Waals surface area contributed by atoms with Crippen LogP contribution in [0.1, 0.15) is 65.7 Å². The van der Waals surface area contributed by atoms with Crippen molar-refractivity contribution in [3.63, 3.8) is 0 Å². The minimum atomic E-state index is 0.314. The van der Waals surface area contributed by atoms with E-state index in [1.165, 1.54) is 58.0 Å². The summed E-state index contributed by atoms with van der Waals surface area (Å²) in [6.45, 7) is 13.4. The Morgan fingerprint density at radius 3 is 1.88 bits per heavy atom. The molecule has 3 aliphatic heterocycles. The van der Waals surface area contributed by atoms with Gasteiger partial charge in [-0.05, 0) is 75.8 Å². The third-order valence-electron chi connectivity index (χ3n) is 6.76. The van der Waals surface area contributed by atoms with Crippen LogP contribution < -0.4 is 0 Å². The summed E-state index contributed by atoms with van der Waals surface area (Å²) in [5.41, 5.74) is 0. The maximum absolute atomic E-state index is 12.8. The minimum absolute atomic E-state index is 0.314. The monoisotopic (exact) mass is 349 g/mol. The number of rotatable bonds is 3. The zero-order valence-electron chi connectivity index (χ0n) is 16.8. The summed E-state index contributed by atoms with van der Waals surface area (Å²) in [5.74, 6) is 2.51. The molecule has 2 amide bonds. The van der Waals surface area contributed by atoms with Crippen LogP contribution in [0, 0.1) is 17.8 Å². The van der Waals surface area contributed by atoms with Crippen LogP contribution in [0.3, 0.4) is 0 Å². The highest BCUT2D eigenvalue weighted by Crippen LogP contribution is 2.27. The largest absolute Gasteiger partial charge is 0.325 e. The molecule has 0 aromatic rings. The normalized spacial score (nSPS) is 25.8. The molecule has 0 saturated carbocycles. The molecule has 0 spiro atoms. The lowest BCUT2D eigenvalue weighted by Gasteiger charge is -2.43. The Hall–Kier alpha value is -0.770. The van der Waals surface area contributed by atoms with Crippen LogP contribution in [0.2, 0.25) is 0 Å². The maximum atomic E-state index is 12.8. The van der Waals surface area contributed by atoms with Crippen LogP contribution in [-0.4, -0.2) is 66.0 Å². The predicted octanol–water partition coefficient (Wildman–Crippen LogP) is 4.06. The molecule has 0 N–H and O–H groups in total. The molecule has 0 aromatic carbocycles. The number of carbonyl (C=O) groups excluding carboxylic acids is 1. The number of hydrogen-bond donors (Lipinski definition) is 0. The number of piperidine rings is 3. The van der Waals surface area contributed by atoms with Crippen molar-refractivity contribution in [3.8, 4) is 0 Å². The van der Waals surface area contributed by atoms with Crippen LogP contribution in [0.15, 0.2) is 0 Å². The Kier molecular flexibility index (Phi) is 6.65. The Balaban J connectivity index is 1.40. The second kappa shape index (κ2) is 8.75. The Morgan fingerprint density at radius 1 is 0.840 bits per heavy atom. The lowest BCUT2D eigenvalue weighted by Crippen LogP contribution is -2.53. The van der Waals surface area contributed by atoms with Gasteiger partial charge < -0.3 is 14.7 Å². The van der Waals surface area contributed by atoms with Crippen molar-refractivity contribution < 1.29 is 4.79 Å². The van der Waals surface area contributed by atoms with Crippen molar-refractivity contribution in [2.45, 2.75) is 71.8 Å². The molecule has 0 aromatic heterocycles. The van der Waals surface area contributed by atoms with E-state index < -0.39 is 0 Å². The van der Waals surface area contributed by atoms with Gasteiger partial charge >= 0.3 is 6.03 Å². The molecule has 0 bridgehead atoms. The molecule has 144 valence electrons. The highest BCUT2D eigenvalue weighted by Gasteiger charge is 2.31.